The molecule has 1 rings (SSSR count). The number of unbranched alkanes of at least 4 members (excludes halogenated alkanes) is 4. The molecule has 1 nitrogen and oxygen atoms in total. The Morgan fingerprint density at radius 2 is 1.53 bits per heavy atom. The summed E-state index contributed by atoms with van der Waals surface area (Å²) in [6.45, 7) is 7.33. The predicted octanol–water partition coefficient (Wildman–Crippen LogP) is 5.55. The van der Waals surface area contributed by atoms with Gasteiger partial charge >= 0.3 is 0 Å². The quantitative estimate of drug-likeness (QED) is 0.502. The highest BCUT2D eigenvalue weighted by Gasteiger charge is 2.05. The Bertz CT molecular complexity index is 344. The van der Waals surface area contributed by atoms with Crippen LogP contribution in [0.3, 0.4) is 0 Å². The monoisotopic (exact) mass is 262 g/mol. The van der Waals surface area contributed by atoms with Crippen LogP contribution in [0.1, 0.15) is 70.4 Å². The Balaban J connectivity index is 2.66. The van der Waals surface area contributed by atoms with Crippen molar-refractivity contribution in [2.75, 3.05) is 6.61 Å². The topological polar surface area (TPSA) is 9.23 Å². The molecule has 0 amide bonds. The van der Waals surface area contributed by atoms with E-state index in [9.17, 15) is 0 Å². The van der Waals surface area contributed by atoms with Crippen molar-refractivity contribution in [3.8, 4) is 5.75 Å². The van der Waals surface area contributed by atoms with E-state index in [0.717, 1.165) is 18.8 Å². The Labute approximate surface area is 119 Å². The lowest BCUT2D eigenvalue weighted by atomic mass is 10.0. The minimum absolute atomic E-state index is 0.760. The molecular weight excluding hydrogens is 232 g/mol. The van der Waals surface area contributed by atoms with Crippen LogP contribution < -0.4 is 4.74 Å². The number of rotatable bonds is 10. The molecule has 0 heterocycles. The molecule has 1 aromatic rings. The first kappa shape index (κ1) is 16.1. The summed E-state index contributed by atoms with van der Waals surface area (Å²) in [7, 11) is 0. The van der Waals surface area contributed by atoms with Crippen molar-refractivity contribution in [2.45, 2.75) is 72.1 Å². The van der Waals surface area contributed by atoms with E-state index in [1.165, 1.54) is 56.1 Å². The number of ether oxygens (including phenoxy) is 1. The molecule has 1 aromatic carbocycles. The van der Waals surface area contributed by atoms with Crippen LogP contribution in [0, 0.1) is 0 Å². The van der Waals surface area contributed by atoms with E-state index in [0.29, 0.717) is 0 Å². The van der Waals surface area contributed by atoms with Crippen LogP contribution in [-0.4, -0.2) is 6.61 Å². The molecule has 0 aromatic heterocycles. The van der Waals surface area contributed by atoms with Crippen molar-refractivity contribution < 1.29 is 4.74 Å². The lowest BCUT2D eigenvalue weighted by molar-refractivity contribution is 0.336. The first-order chi connectivity index (χ1) is 9.31. The summed E-state index contributed by atoms with van der Waals surface area (Å²) in [4.78, 5) is 0. The van der Waals surface area contributed by atoms with E-state index in [1.54, 1.807) is 0 Å². The van der Waals surface area contributed by atoms with Crippen LogP contribution in [0.5, 0.6) is 5.75 Å². The molecule has 0 unspecified atom stereocenters. The molecule has 0 fully saturated rings. The molecule has 0 spiro atoms. The Hall–Kier alpha value is -0.980. The second kappa shape index (κ2) is 9.89. The van der Waals surface area contributed by atoms with Gasteiger partial charge in [0.15, 0.2) is 0 Å². The summed E-state index contributed by atoms with van der Waals surface area (Å²) in [5.74, 6) is 1.10. The number of benzene rings is 1. The van der Waals surface area contributed by atoms with Crippen molar-refractivity contribution in [3.05, 3.63) is 29.3 Å². The minimum atomic E-state index is 0.760. The molecule has 0 radical (unpaired) electrons. The molecule has 0 saturated heterocycles. The van der Waals surface area contributed by atoms with Gasteiger partial charge in [0.05, 0.1) is 6.61 Å². The van der Waals surface area contributed by atoms with Crippen molar-refractivity contribution in [3.63, 3.8) is 0 Å². The standard InChI is InChI=1S/C18H30O/c1-4-7-9-11-16-13-14-18(19-6-3)17(15-16)12-10-8-5-2/h13-15H,4-12H2,1-3H3. The van der Waals surface area contributed by atoms with E-state index < -0.39 is 0 Å². The second-order valence-electron chi connectivity index (χ2n) is 5.29. The second-order valence-corrected chi connectivity index (χ2v) is 5.29. The summed E-state index contributed by atoms with van der Waals surface area (Å²) < 4.78 is 5.75. The summed E-state index contributed by atoms with van der Waals surface area (Å²) >= 11 is 0. The fraction of sp³-hybridized carbons (Fsp3) is 0.667. The number of hydrogen-bond donors (Lipinski definition) is 0. The molecule has 0 aliphatic carbocycles. The van der Waals surface area contributed by atoms with Gasteiger partial charge in [-0.05, 0) is 49.8 Å². The van der Waals surface area contributed by atoms with Gasteiger partial charge < -0.3 is 4.74 Å². The van der Waals surface area contributed by atoms with Crippen molar-refractivity contribution in [1.82, 2.24) is 0 Å². The molecule has 0 N–H and O–H groups in total. The normalized spacial score (nSPS) is 10.7. The minimum Gasteiger partial charge on any atom is -0.494 e. The zero-order chi connectivity index (χ0) is 13.9. The van der Waals surface area contributed by atoms with Gasteiger partial charge in [-0.1, -0.05) is 51.7 Å². The van der Waals surface area contributed by atoms with Crippen molar-refractivity contribution in [1.29, 1.82) is 0 Å². The molecule has 0 aliphatic heterocycles. The summed E-state index contributed by atoms with van der Waals surface area (Å²) in [6.07, 6.45) is 10.2. The maximum Gasteiger partial charge on any atom is 0.122 e. The Morgan fingerprint density at radius 1 is 0.842 bits per heavy atom. The molecular formula is C18H30O. The van der Waals surface area contributed by atoms with Crippen LogP contribution in [-0.2, 0) is 12.8 Å². The zero-order valence-corrected chi connectivity index (χ0v) is 13.0. The first-order valence-corrected chi connectivity index (χ1v) is 8.06. The molecule has 0 saturated carbocycles. The average Bonchev–Trinajstić information content (AvgIpc) is 2.42. The van der Waals surface area contributed by atoms with Gasteiger partial charge in [-0.15, -0.1) is 0 Å². The molecule has 0 aliphatic rings. The van der Waals surface area contributed by atoms with Crippen LogP contribution in [0.25, 0.3) is 0 Å². The first-order valence-electron chi connectivity index (χ1n) is 8.06. The molecule has 0 bridgehead atoms. The summed E-state index contributed by atoms with van der Waals surface area (Å²) in [5, 5.41) is 0. The van der Waals surface area contributed by atoms with E-state index in [1.807, 2.05) is 0 Å². The van der Waals surface area contributed by atoms with Gasteiger partial charge in [-0.2, -0.15) is 0 Å². The highest BCUT2D eigenvalue weighted by molar-refractivity contribution is 5.37. The highest BCUT2D eigenvalue weighted by Crippen LogP contribution is 2.23. The fourth-order valence-corrected chi connectivity index (χ4v) is 2.42. The van der Waals surface area contributed by atoms with E-state index >= 15 is 0 Å². The van der Waals surface area contributed by atoms with Gasteiger partial charge in [-0.3, -0.25) is 0 Å². The summed E-state index contributed by atoms with van der Waals surface area (Å²) in [5.41, 5.74) is 2.88. The van der Waals surface area contributed by atoms with Gasteiger partial charge in [0.1, 0.15) is 5.75 Å². The van der Waals surface area contributed by atoms with E-state index in [-0.39, 0.29) is 0 Å². The van der Waals surface area contributed by atoms with E-state index in [2.05, 4.69) is 39.0 Å². The number of hydrogen-bond acceptors (Lipinski definition) is 1. The third-order valence-corrected chi connectivity index (χ3v) is 3.54. The van der Waals surface area contributed by atoms with Crippen LogP contribution in [0.4, 0.5) is 0 Å². The van der Waals surface area contributed by atoms with Crippen molar-refractivity contribution >= 4 is 0 Å². The largest absolute Gasteiger partial charge is 0.494 e. The molecule has 19 heavy (non-hydrogen) atoms. The SMILES string of the molecule is CCCCCc1ccc(OCC)c(CCCCC)c1. The van der Waals surface area contributed by atoms with Gasteiger partial charge in [0, 0.05) is 0 Å². The van der Waals surface area contributed by atoms with Gasteiger partial charge in [0.2, 0.25) is 0 Å². The lowest BCUT2D eigenvalue weighted by Crippen LogP contribution is -1.99. The lowest BCUT2D eigenvalue weighted by Gasteiger charge is -2.12. The smallest absolute Gasteiger partial charge is 0.122 e. The molecule has 108 valence electrons. The zero-order valence-electron chi connectivity index (χ0n) is 13.0. The van der Waals surface area contributed by atoms with Crippen molar-refractivity contribution in [2.24, 2.45) is 0 Å². The van der Waals surface area contributed by atoms with Crippen LogP contribution in [0.2, 0.25) is 0 Å². The highest BCUT2D eigenvalue weighted by atomic mass is 16.5. The number of aryl methyl sites for hydroxylation is 2. The third-order valence-electron chi connectivity index (χ3n) is 3.54. The maximum atomic E-state index is 5.75. The molecule has 0 atom stereocenters. The van der Waals surface area contributed by atoms with Gasteiger partial charge in [-0.25, -0.2) is 0 Å². The predicted molar refractivity (Wildman–Crippen MR) is 84.1 cm³/mol. The van der Waals surface area contributed by atoms with Crippen LogP contribution in [0.15, 0.2) is 18.2 Å². The Kier molecular flexibility index (Phi) is 8.36. The van der Waals surface area contributed by atoms with Crippen LogP contribution >= 0.6 is 0 Å². The maximum absolute atomic E-state index is 5.75. The Morgan fingerprint density at radius 3 is 2.16 bits per heavy atom. The fourth-order valence-electron chi connectivity index (χ4n) is 2.42. The van der Waals surface area contributed by atoms with E-state index in [4.69, 9.17) is 4.74 Å². The third kappa shape index (κ3) is 6.13. The van der Waals surface area contributed by atoms with Gasteiger partial charge in [0.25, 0.3) is 0 Å². The average molecular weight is 262 g/mol. The molecule has 1 heteroatoms. The summed E-state index contributed by atoms with van der Waals surface area (Å²) in [6, 6.07) is 6.78.